The number of aliphatic imine (C=N–C) groups is 1. The van der Waals surface area contributed by atoms with E-state index in [0.717, 1.165) is 63.9 Å². The van der Waals surface area contributed by atoms with Gasteiger partial charge in [0, 0.05) is 47.3 Å². The first-order valence-corrected chi connectivity index (χ1v) is 11.5. The van der Waals surface area contributed by atoms with E-state index in [9.17, 15) is 4.79 Å². The fraction of sp³-hybridized carbons (Fsp3) is 0.667. The molecular formula is C24H39N5O. The van der Waals surface area contributed by atoms with Crippen LogP contribution in [0.4, 0.5) is 0 Å². The van der Waals surface area contributed by atoms with E-state index in [-0.39, 0.29) is 11.9 Å². The number of carbonyl (C=O) groups is 1. The second-order valence-electron chi connectivity index (χ2n) is 8.87. The van der Waals surface area contributed by atoms with E-state index >= 15 is 0 Å². The molecule has 0 saturated carbocycles. The van der Waals surface area contributed by atoms with Gasteiger partial charge in [0.25, 0.3) is 0 Å². The number of piperidine rings is 1. The lowest BCUT2D eigenvalue weighted by Crippen LogP contribution is -2.47. The number of likely N-dealkylation sites (N-methyl/N-ethyl adjacent to an activating group) is 1. The quantitative estimate of drug-likeness (QED) is 0.424. The molecule has 1 aromatic rings. The number of likely N-dealkylation sites (tertiary alicyclic amines) is 2. The summed E-state index contributed by atoms with van der Waals surface area (Å²) in [6.45, 7) is 5.04. The molecule has 2 fully saturated rings. The highest BCUT2D eigenvalue weighted by Crippen LogP contribution is 2.22. The number of benzene rings is 1. The van der Waals surface area contributed by atoms with Crippen LogP contribution in [0.15, 0.2) is 35.3 Å². The molecule has 3 rings (SSSR count). The van der Waals surface area contributed by atoms with E-state index < -0.39 is 0 Å². The molecule has 1 N–H and O–H groups in total. The first-order valence-electron chi connectivity index (χ1n) is 11.5. The van der Waals surface area contributed by atoms with Crippen LogP contribution in [0.5, 0.6) is 0 Å². The van der Waals surface area contributed by atoms with Crippen molar-refractivity contribution in [2.24, 2.45) is 10.9 Å². The Labute approximate surface area is 182 Å². The van der Waals surface area contributed by atoms with E-state index in [1.54, 1.807) is 4.90 Å². The number of hydrogen-bond acceptors (Lipinski definition) is 3. The maximum absolute atomic E-state index is 12.3. The molecule has 166 valence electrons. The third kappa shape index (κ3) is 6.21. The number of rotatable bonds is 7. The van der Waals surface area contributed by atoms with Gasteiger partial charge in [-0.3, -0.25) is 14.7 Å². The molecule has 0 aliphatic carbocycles. The minimum absolute atomic E-state index is 0.0722. The largest absolute Gasteiger partial charge is 0.356 e. The van der Waals surface area contributed by atoms with Crippen LogP contribution in [0.2, 0.25) is 0 Å². The zero-order valence-corrected chi connectivity index (χ0v) is 19.0. The molecule has 0 spiro atoms. The van der Waals surface area contributed by atoms with Crippen LogP contribution in [-0.2, 0) is 11.2 Å². The van der Waals surface area contributed by atoms with E-state index in [2.05, 4.69) is 50.4 Å². The van der Waals surface area contributed by atoms with Crippen LogP contribution in [0.25, 0.3) is 0 Å². The van der Waals surface area contributed by atoms with E-state index in [1.807, 2.05) is 21.1 Å². The maximum Gasteiger partial charge on any atom is 0.239 e. The van der Waals surface area contributed by atoms with Crippen molar-refractivity contribution < 1.29 is 4.79 Å². The normalized spacial score (nSPS) is 21.1. The summed E-state index contributed by atoms with van der Waals surface area (Å²) < 4.78 is 0. The highest BCUT2D eigenvalue weighted by molar-refractivity contribution is 5.81. The highest BCUT2D eigenvalue weighted by Gasteiger charge is 2.31. The lowest BCUT2D eigenvalue weighted by molar-refractivity contribution is -0.133. The predicted octanol–water partition coefficient (Wildman–Crippen LogP) is 2.46. The molecule has 1 aromatic carbocycles. The summed E-state index contributed by atoms with van der Waals surface area (Å²) in [6, 6.07) is 10.9. The molecule has 2 aliphatic rings. The van der Waals surface area contributed by atoms with Gasteiger partial charge in [0.05, 0.1) is 6.04 Å². The molecule has 0 bridgehead atoms. The van der Waals surface area contributed by atoms with E-state index in [0.29, 0.717) is 0 Å². The van der Waals surface area contributed by atoms with Crippen molar-refractivity contribution in [3.63, 3.8) is 0 Å². The fourth-order valence-corrected chi connectivity index (χ4v) is 4.78. The van der Waals surface area contributed by atoms with Crippen LogP contribution in [-0.4, -0.2) is 86.5 Å². The molecular weight excluding hydrogens is 374 g/mol. The minimum Gasteiger partial charge on any atom is -0.356 e. The Bertz CT molecular complexity index is 682. The Morgan fingerprint density at radius 2 is 1.87 bits per heavy atom. The molecule has 2 aliphatic heterocycles. The van der Waals surface area contributed by atoms with Crippen molar-refractivity contribution in [1.82, 2.24) is 20.0 Å². The van der Waals surface area contributed by atoms with Gasteiger partial charge < -0.3 is 15.1 Å². The lowest BCUT2D eigenvalue weighted by Gasteiger charge is -2.34. The zero-order chi connectivity index (χ0) is 21.3. The third-order valence-electron chi connectivity index (χ3n) is 6.49. The van der Waals surface area contributed by atoms with Gasteiger partial charge in [-0.05, 0) is 56.6 Å². The maximum atomic E-state index is 12.3. The van der Waals surface area contributed by atoms with Crippen LogP contribution < -0.4 is 5.32 Å². The van der Waals surface area contributed by atoms with Crippen molar-refractivity contribution in [1.29, 1.82) is 0 Å². The standard InChI is InChI=1S/C24H39N5O/c1-25-24(26-14-8-16-28-15-7-11-22(28)23(30)27(2)3)29-17-12-21(13-18-29)19-20-9-5-4-6-10-20/h4-6,9-10,21-22H,7-8,11-19H2,1-3H3,(H,25,26). The first kappa shape index (κ1) is 22.6. The Hall–Kier alpha value is -2.08. The second kappa shape index (κ2) is 11.3. The average molecular weight is 414 g/mol. The number of guanidine groups is 1. The van der Waals surface area contributed by atoms with Gasteiger partial charge in [-0.1, -0.05) is 30.3 Å². The zero-order valence-electron chi connectivity index (χ0n) is 19.0. The topological polar surface area (TPSA) is 51.2 Å². The lowest BCUT2D eigenvalue weighted by atomic mass is 9.90. The summed E-state index contributed by atoms with van der Waals surface area (Å²) in [4.78, 5) is 23.3. The number of carbonyl (C=O) groups excluding carboxylic acids is 1. The molecule has 2 saturated heterocycles. The summed E-state index contributed by atoms with van der Waals surface area (Å²) in [5.41, 5.74) is 1.45. The van der Waals surface area contributed by atoms with Crippen LogP contribution >= 0.6 is 0 Å². The average Bonchev–Trinajstić information content (AvgIpc) is 3.23. The van der Waals surface area contributed by atoms with Gasteiger partial charge in [-0.25, -0.2) is 0 Å². The van der Waals surface area contributed by atoms with Gasteiger partial charge in [-0.15, -0.1) is 0 Å². The van der Waals surface area contributed by atoms with Crippen molar-refractivity contribution in [3.8, 4) is 0 Å². The van der Waals surface area contributed by atoms with Gasteiger partial charge in [0.15, 0.2) is 5.96 Å². The first-order chi connectivity index (χ1) is 14.6. The molecule has 1 atom stereocenters. The number of nitrogens with zero attached hydrogens (tertiary/aromatic N) is 4. The van der Waals surface area contributed by atoms with Crippen molar-refractivity contribution >= 4 is 11.9 Å². The third-order valence-corrected chi connectivity index (χ3v) is 6.49. The minimum atomic E-state index is 0.0722. The number of amides is 1. The highest BCUT2D eigenvalue weighted by atomic mass is 16.2. The molecule has 2 heterocycles. The van der Waals surface area contributed by atoms with Gasteiger partial charge in [-0.2, -0.15) is 0 Å². The monoisotopic (exact) mass is 413 g/mol. The predicted molar refractivity (Wildman–Crippen MR) is 124 cm³/mol. The van der Waals surface area contributed by atoms with E-state index in [4.69, 9.17) is 0 Å². The number of hydrogen-bond donors (Lipinski definition) is 1. The summed E-state index contributed by atoms with van der Waals surface area (Å²) in [5, 5.41) is 3.55. The summed E-state index contributed by atoms with van der Waals surface area (Å²) >= 11 is 0. The Morgan fingerprint density at radius 1 is 1.13 bits per heavy atom. The van der Waals surface area contributed by atoms with Crippen LogP contribution in [0.3, 0.4) is 0 Å². The molecule has 0 radical (unpaired) electrons. The summed E-state index contributed by atoms with van der Waals surface area (Å²) in [7, 11) is 5.59. The molecule has 1 amide bonds. The van der Waals surface area contributed by atoms with Gasteiger partial charge >= 0.3 is 0 Å². The molecule has 0 aromatic heterocycles. The van der Waals surface area contributed by atoms with Crippen LogP contribution in [0, 0.1) is 5.92 Å². The fourth-order valence-electron chi connectivity index (χ4n) is 4.78. The molecule has 30 heavy (non-hydrogen) atoms. The van der Waals surface area contributed by atoms with Crippen LogP contribution in [0.1, 0.15) is 37.7 Å². The summed E-state index contributed by atoms with van der Waals surface area (Å²) in [6.07, 6.45) is 6.76. The van der Waals surface area contributed by atoms with E-state index in [1.165, 1.54) is 24.8 Å². The Kier molecular flexibility index (Phi) is 8.55. The molecule has 6 nitrogen and oxygen atoms in total. The van der Waals surface area contributed by atoms with Gasteiger partial charge in [0.1, 0.15) is 0 Å². The smallest absolute Gasteiger partial charge is 0.239 e. The van der Waals surface area contributed by atoms with Crippen molar-refractivity contribution in [3.05, 3.63) is 35.9 Å². The summed E-state index contributed by atoms with van der Waals surface area (Å²) in [5.74, 6) is 2.04. The molecule has 6 heteroatoms. The number of nitrogens with one attached hydrogen (secondary N) is 1. The Morgan fingerprint density at radius 3 is 2.53 bits per heavy atom. The molecule has 1 unspecified atom stereocenters. The van der Waals surface area contributed by atoms with Crippen molar-refractivity contribution in [2.75, 3.05) is 53.9 Å². The second-order valence-corrected chi connectivity index (χ2v) is 8.87. The Balaban J connectivity index is 1.37. The SMILES string of the molecule is CN=C(NCCCN1CCCC1C(=O)N(C)C)N1CCC(Cc2ccccc2)CC1. The van der Waals surface area contributed by atoms with Crippen molar-refractivity contribution in [2.45, 2.75) is 44.6 Å². The van der Waals surface area contributed by atoms with Gasteiger partial charge in [0.2, 0.25) is 5.91 Å².